The van der Waals surface area contributed by atoms with Crippen molar-refractivity contribution in [3.05, 3.63) is 29.3 Å². The molecule has 0 saturated carbocycles. The lowest BCUT2D eigenvalue weighted by Crippen LogP contribution is -2.34. The minimum absolute atomic E-state index is 0.337. The van der Waals surface area contributed by atoms with E-state index in [4.69, 9.17) is 4.74 Å². The van der Waals surface area contributed by atoms with Crippen LogP contribution in [0.25, 0.3) is 0 Å². The Morgan fingerprint density at radius 1 is 1.26 bits per heavy atom. The molecule has 0 heterocycles. The second-order valence-electron chi connectivity index (χ2n) is 6.54. The first-order valence-electron chi connectivity index (χ1n) is 7.22. The van der Waals surface area contributed by atoms with Gasteiger partial charge >= 0.3 is 0 Å². The molecule has 1 N–H and O–H groups in total. The second-order valence-corrected chi connectivity index (χ2v) is 6.54. The maximum Gasteiger partial charge on any atom is 0.122 e. The Kier molecular flexibility index (Phi) is 5.86. The van der Waals surface area contributed by atoms with Crippen LogP contribution in [-0.2, 0) is 6.42 Å². The van der Waals surface area contributed by atoms with Gasteiger partial charge in [-0.05, 0) is 43.4 Å². The fraction of sp³-hybridized carbons (Fsp3) is 0.647. The van der Waals surface area contributed by atoms with Gasteiger partial charge in [-0.3, -0.25) is 0 Å². The lowest BCUT2D eigenvalue weighted by Gasteiger charge is -2.27. The fourth-order valence-electron chi connectivity index (χ4n) is 2.58. The Balaban J connectivity index is 2.86. The highest BCUT2D eigenvalue weighted by atomic mass is 16.5. The molecule has 0 aliphatic carbocycles. The molecule has 19 heavy (non-hydrogen) atoms. The number of hydrogen-bond donors (Lipinski definition) is 1. The lowest BCUT2D eigenvalue weighted by atomic mass is 9.85. The summed E-state index contributed by atoms with van der Waals surface area (Å²) in [5.41, 5.74) is 2.93. The summed E-state index contributed by atoms with van der Waals surface area (Å²) in [7, 11) is 1.75. The molecular weight excluding hydrogens is 234 g/mol. The van der Waals surface area contributed by atoms with E-state index < -0.39 is 0 Å². The van der Waals surface area contributed by atoms with Crippen molar-refractivity contribution in [1.82, 2.24) is 5.32 Å². The van der Waals surface area contributed by atoms with E-state index in [1.165, 1.54) is 11.1 Å². The van der Waals surface area contributed by atoms with Crippen molar-refractivity contribution in [2.75, 3.05) is 13.7 Å². The Hall–Kier alpha value is -1.02. The molecule has 0 saturated heterocycles. The summed E-state index contributed by atoms with van der Waals surface area (Å²) in [5, 5.41) is 3.60. The van der Waals surface area contributed by atoms with E-state index >= 15 is 0 Å². The molecule has 1 aromatic rings. The Labute approximate surface area is 118 Å². The van der Waals surface area contributed by atoms with Gasteiger partial charge in [0.15, 0.2) is 0 Å². The summed E-state index contributed by atoms with van der Waals surface area (Å²) in [6.07, 6.45) is 2.19. The molecule has 0 aliphatic heterocycles. The Morgan fingerprint density at radius 2 is 1.95 bits per heavy atom. The molecule has 1 atom stereocenters. The average molecular weight is 263 g/mol. The molecule has 0 aromatic heterocycles. The van der Waals surface area contributed by atoms with Crippen molar-refractivity contribution in [1.29, 1.82) is 0 Å². The number of methoxy groups -OCH3 is 1. The van der Waals surface area contributed by atoms with Crippen molar-refractivity contribution < 1.29 is 4.74 Å². The minimum atomic E-state index is 0.337. The molecule has 1 rings (SSSR count). The third-order valence-corrected chi connectivity index (χ3v) is 3.25. The van der Waals surface area contributed by atoms with Gasteiger partial charge < -0.3 is 10.1 Å². The standard InChI is InChI=1S/C17H29NO/c1-7-18-15(12-17(3,4)5)11-14-10-13(2)8-9-16(14)19-6/h8-10,15,18H,7,11-12H2,1-6H3. The first-order valence-corrected chi connectivity index (χ1v) is 7.22. The first kappa shape index (κ1) is 16.0. The van der Waals surface area contributed by atoms with Crippen LogP contribution in [0.15, 0.2) is 18.2 Å². The molecule has 1 unspecified atom stereocenters. The number of rotatable bonds is 6. The maximum atomic E-state index is 5.48. The molecular formula is C17H29NO. The number of nitrogens with one attached hydrogen (secondary N) is 1. The van der Waals surface area contributed by atoms with E-state index in [9.17, 15) is 0 Å². The molecule has 0 radical (unpaired) electrons. The number of hydrogen-bond acceptors (Lipinski definition) is 2. The highest BCUT2D eigenvalue weighted by Crippen LogP contribution is 2.26. The van der Waals surface area contributed by atoms with Gasteiger partial charge in [0.05, 0.1) is 7.11 Å². The van der Waals surface area contributed by atoms with Crippen LogP contribution in [0.2, 0.25) is 0 Å². The molecule has 0 fully saturated rings. The van der Waals surface area contributed by atoms with Crippen molar-refractivity contribution in [2.24, 2.45) is 5.41 Å². The lowest BCUT2D eigenvalue weighted by molar-refractivity contribution is 0.307. The molecule has 1 aromatic carbocycles. The molecule has 0 amide bonds. The Morgan fingerprint density at radius 3 is 2.47 bits per heavy atom. The summed E-state index contributed by atoms with van der Waals surface area (Å²) in [6, 6.07) is 6.92. The smallest absolute Gasteiger partial charge is 0.122 e. The van der Waals surface area contributed by atoms with Gasteiger partial charge in [-0.2, -0.15) is 0 Å². The maximum absolute atomic E-state index is 5.48. The van der Waals surface area contributed by atoms with E-state index in [1.807, 2.05) is 0 Å². The van der Waals surface area contributed by atoms with Crippen LogP contribution >= 0.6 is 0 Å². The SMILES string of the molecule is CCNC(Cc1cc(C)ccc1OC)CC(C)(C)C. The summed E-state index contributed by atoms with van der Waals surface area (Å²) in [5.74, 6) is 1.00. The predicted molar refractivity (Wildman–Crippen MR) is 83.0 cm³/mol. The van der Waals surface area contributed by atoms with Gasteiger partial charge in [-0.25, -0.2) is 0 Å². The topological polar surface area (TPSA) is 21.3 Å². The molecule has 2 heteroatoms. The van der Waals surface area contributed by atoms with E-state index in [2.05, 4.69) is 58.1 Å². The van der Waals surface area contributed by atoms with Crippen molar-refractivity contribution in [2.45, 2.75) is 53.5 Å². The molecule has 0 spiro atoms. The zero-order valence-electron chi connectivity index (χ0n) is 13.3. The largest absolute Gasteiger partial charge is 0.496 e. The van der Waals surface area contributed by atoms with Crippen molar-refractivity contribution in [3.8, 4) is 5.75 Å². The highest BCUT2D eigenvalue weighted by molar-refractivity contribution is 5.37. The highest BCUT2D eigenvalue weighted by Gasteiger charge is 2.19. The third kappa shape index (κ3) is 5.65. The van der Waals surface area contributed by atoms with E-state index in [0.717, 1.165) is 25.1 Å². The first-order chi connectivity index (χ1) is 8.85. The van der Waals surface area contributed by atoms with Crippen molar-refractivity contribution >= 4 is 0 Å². The van der Waals surface area contributed by atoms with E-state index in [0.29, 0.717) is 11.5 Å². The predicted octanol–water partition coefficient (Wildman–Crippen LogP) is 3.96. The minimum Gasteiger partial charge on any atom is -0.496 e. The van der Waals surface area contributed by atoms with Gasteiger partial charge in [-0.15, -0.1) is 0 Å². The second kappa shape index (κ2) is 6.95. The quantitative estimate of drug-likeness (QED) is 0.839. The summed E-state index contributed by atoms with van der Waals surface area (Å²) >= 11 is 0. The zero-order valence-corrected chi connectivity index (χ0v) is 13.3. The average Bonchev–Trinajstić information content (AvgIpc) is 2.27. The summed E-state index contributed by atoms with van der Waals surface area (Å²) < 4.78 is 5.48. The van der Waals surface area contributed by atoms with Crippen LogP contribution in [0.1, 0.15) is 45.2 Å². The third-order valence-electron chi connectivity index (χ3n) is 3.25. The van der Waals surface area contributed by atoms with Gasteiger partial charge in [-0.1, -0.05) is 45.4 Å². The van der Waals surface area contributed by atoms with Gasteiger partial charge in [0.1, 0.15) is 5.75 Å². The van der Waals surface area contributed by atoms with Crippen LogP contribution in [-0.4, -0.2) is 19.7 Å². The van der Waals surface area contributed by atoms with Crippen LogP contribution in [0, 0.1) is 12.3 Å². The van der Waals surface area contributed by atoms with Crippen LogP contribution in [0.3, 0.4) is 0 Å². The van der Waals surface area contributed by atoms with Crippen LogP contribution < -0.4 is 10.1 Å². The van der Waals surface area contributed by atoms with Crippen molar-refractivity contribution in [3.63, 3.8) is 0 Å². The summed E-state index contributed by atoms with van der Waals surface area (Å²) in [4.78, 5) is 0. The monoisotopic (exact) mass is 263 g/mol. The molecule has 0 bridgehead atoms. The molecule has 0 aliphatic rings. The van der Waals surface area contributed by atoms with Crippen LogP contribution in [0.4, 0.5) is 0 Å². The number of benzene rings is 1. The molecule has 108 valence electrons. The Bertz CT molecular complexity index is 393. The number of aryl methyl sites for hydroxylation is 1. The fourth-order valence-corrected chi connectivity index (χ4v) is 2.58. The zero-order chi connectivity index (χ0) is 14.5. The van der Waals surface area contributed by atoms with Gasteiger partial charge in [0.25, 0.3) is 0 Å². The van der Waals surface area contributed by atoms with Crippen LogP contribution in [0.5, 0.6) is 5.75 Å². The number of likely N-dealkylation sites (N-methyl/N-ethyl adjacent to an activating group) is 1. The summed E-state index contributed by atoms with van der Waals surface area (Å²) in [6.45, 7) is 12.2. The number of ether oxygens (including phenoxy) is 1. The van der Waals surface area contributed by atoms with E-state index in [-0.39, 0.29) is 0 Å². The normalized spacial score (nSPS) is 13.4. The van der Waals surface area contributed by atoms with Gasteiger partial charge in [0.2, 0.25) is 0 Å². The van der Waals surface area contributed by atoms with Gasteiger partial charge in [0, 0.05) is 6.04 Å². The molecule has 2 nitrogen and oxygen atoms in total. The van der Waals surface area contributed by atoms with E-state index in [1.54, 1.807) is 7.11 Å².